The van der Waals surface area contributed by atoms with Crippen LogP contribution in [0.3, 0.4) is 0 Å². The summed E-state index contributed by atoms with van der Waals surface area (Å²) in [6.07, 6.45) is 0. The molecule has 0 amide bonds. The Morgan fingerprint density at radius 1 is 0.254 bits per heavy atom. The Morgan fingerprint density at radius 3 is 1.23 bits per heavy atom. The first-order chi connectivity index (χ1) is 35.2. The normalized spacial score (nSPS) is 12.7. The molecular weight excluding hydrogens is 859 g/mol. The van der Waals surface area contributed by atoms with Gasteiger partial charge >= 0.3 is 0 Å². The molecule has 12 aromatic carbocycles. The highest BCUT2D eigenvalue weighted by atomic mass is 16.5. The van der Waals surface area contributed by atoms with E-state index in [1.165, 1.54) is 77.2 Å². The minimum atomic E-state index is -0.720. The number of fused-ring (bicyclic) bond motifs is 11. The summed E-state index contributed by atoms with van der Waals surface area (Å²) in [7, 11) is 0. The van der Waals surface area contributed by atoms with Gasteiger partial charge in [0, 0.05) is 28.2 Å². The molecule has 1 aliphatic carbocycles. The maximum atomic E-state index is 7.03. The minimum Gasteiger partial charge on any atom is -0.457 e. The summed E-state index contributed by atoms with van der Waals surface area (Å²) in [6.45, 7) is 0. The van der Waals surface area contributed by atoms with Gasteiger partial charge in [-0.2, -0.15) is 0 Å². The van der Waals surface area contributed by atoms with E-state index in [-0.39, 0.29) is 0 Å². The van der Waals surface area contributed by atoms with Gasteiger partial charge < -0.3 is 9.64 Å². The van der Waals surface area contributed by atoms with Crippen molar-refractivity contribution in [2.75, 3.05) is 4.90 Å². The van der Waals surface area contributed by atoms with Gasteiger partial charge in [-0.15, -0.1) is 0 Å². The smallest absolute Gasteiger partial charge is 0.132 e. The number of hydrogen-bond acceptors (Lipinski definition) is 2. The van der Waals surface area contributed by atoms with Crippen molar-refractivity contribution in [1.82, 2.24) is 0 Å². The summed E-state index contributed by atoms with van der Waals surface area (Å²) in [4.78, 5) is 2.43. The van der Waals surface area contributed by atoms with Gasteiger partial charge in [-0.1, -0.05) is 212 Å². The molecule has 0 aromatic heterocycles. The van der Waals surface area contributed by atoms with E-state index >= 15 is 0 Å². The fourth-order valence-electron chi connectivity index (χ4n) is 11.7. The molecule has 0 radical (unpaired) electrons. The summed E-state index contributed by atoms with van der Waals surface area (Å²) in [5.74, 6) is 1.73. The Morgan fingerprint density at radius 2 is 0.676 bits per heavy atom. The van der Waals surface area contributed by atoms with Crippen LogP contribution < -0.4 is 9.64 Å². The second kappa shape index (κ2) is 16.5. The van der Waals surface area contributed by atoms with E-state index in [1.807, 2.05) is 0 Å². The highest BCUT2D eigenvalue weighted by Gasteiger charge is 2.51. The van der Waals surface area contributed by atoms with Crippen molar-refractivity contribution in [2.24, 2.45) is 0 Å². The van der Waals surface area contributed by atoms with E-state index in [4.69, 9.17) is 4.74 Å². The lowest BCUT2D eigenvalue weighted by molar-refractivity contribution is 0.436. The van der Waals surface area contributed by atoms with Crippen LogP contribution in [0.4, 0.5) is 17.1 Å². The van der Waals surface area contributed by atoms with Crippen molar-refractivity contribution >= 4 is 38.6 Å². The van der Waals surface area contributed by atoms with Crippen molar-refractivity contribution < 1.29 is 4.74 Å². The van der Waals surface area contributed by atoms with E-state index in [0.717, 1.165) is 50.8 Å². The topological polar surface area (TPSA) is 12.5 Å². The number of anilines is 3. The Hall–Kier alpha value is -9.24. The molecular formula is C69H45NO. The minimum absolute atomic E-state index is 0.720. The number of ether oxygens (including phenoxy) is 1. The van der Waals surface area contributed by atoms with E-state index in [2.05, 4.69) is 278 Å². The summed E-state index contributed by atoms with van der Waals surface area (Å²) in [5, 5.41) is 4.96. The Balaban J connectivity index is 1.000. The molecule has 12 aromatic rings. The lowest BCUT2D eigenvalue weighted by Crippen LogP contribution is -2.32. The van der Waals surface area contributed by atoms with Crippen molar-refractivity contribution in [2.45, 2.75) is 5.41 Å². The van der Waals surface area contributed by atoms with Crippen LogP contribution in [0.2, 0.25) is 0 Å². The second-order valence-corrected chi connectivity index (χ2v) is 18.8. The molecule has 2 heteroatoms. The molecule has 0 saturated carbocycles. The largest absolute Gasteiger partial charge is 0.457 e. The van der Waals surface area contributed by atoms with E-state index in [0.29, 0.717) is 0 Å². The number of rotatable bonds is 7. The molecule has 332 valence electrons. The molecule has 0 atom stereocenters. The SMILES string of the molecule is c1ccc(-c2ccc3c(c2)C2(c4cc(-c5ccccc5)ccc4O3)c3ccccc3-c3ccc(N(c4ccc(-c5cccc6ccccc56)cc4)c4ccc(-c5cccc6ccccc56)cc4)cc32)cc1. The van der Waals surface area contributed by atoms with Gasteiger partial charge in [-0.3, -0.25) is 0 Å². The Labute approximate surface area is 414 Å². The first-order valence-corrected chi connectivity index (χ1v) is 24.5. The van der Waals surface area contributed by atoms with Crippen molar-refractivity contribution in [3.8, 4) is 67.1 Å². The van der Waals surface area contributed by atoms with Crippen molar-refractivity contribution in [1.29, 1.82) is 0 Å². The predicted octanol–water partition coefficient (Wildman–Crippen LogP) is 18.6. The molecule has 71 heavy (non-hydrogen) atoms. The number of benzene rings is 12. The van der Waals surface area contributed by atoms with Crippen molar-refractivity contribution in [3.63, 3.8) is 0 Å². The molecule has 1 aliphatic heterocycles. The molecule has 0 unspecified atom stereocenters. The van der Waals surface area contributed by atoms with Gasteiger partial charge in [0.2, 0.25) is 0 Å². The van der Waals surface area contributed by atoms with Crippen LogP contribution in [0.15, 0.2) is 273 Å². The van der Waals surface area contributed by atoms with E-state index in [9.17, 15) is 0 Å². The summed E-state index contributed by atoms with van der Waals surface area (Å²) in [6, 6.07) is 99.8. The molecule has 0 bridgehead atoms. The maximum Gasteiger partial charge on any atom is 0.132 e. The summed E-state index contributed by atoms with van der Waals surface area (Å²) < 4.78 is 7.03. The third-order valence-corrected chi connectivity index (χ3v) is 14.9. The Kier molecular flexibility index (Phi) is 9.47. The molecule has 0 fully saturated rings. The van der Waals surface area contributed by atoms with Crippen LogP contribution in [0.1, 0.15) is 22.3 Å². The number of nitrogens with zero attached hydrogens (tertiary/aromatic N) is 1. The van der Waals surface area contributed by atoms with Gasteiger partial charge in [-0.25, -0.2) is 0 Å². The lowest BCUT2D eigenvalue weighted by atomic mass is 9.65. The zero-order valence-corrected chi connectivity index (χ0v) is 38.8. The lowest BCUT2D eigenvalue weighted by Gasteiger charge is -2.40. The zero-order valence-electron chi connectivity index (χ0n) is 38.8. The first-order valence-electron chi connectivity index (χ1n) is 24.5. The van der Waals surface area contributed by atoms with Gasteiger partial charge in [0.05, 0.1) is 5.41 Å². The predicted molar refractivity (Wildman–Crippen MR) is 295 cm³/mol. The van der Waals surface area contributed by atoms with Gasteiger partial charge in [0.15, 0.2) is 0 Å². The van der Waals surface area contributed by atoms with Gasteiger partial charge in [0.1, 0.15) is 11.5 Å². The first kappa shape index (κ1) is 40.8. The second-order valence-electron chi connectivity index (χ2n) is 18.8. The fraction of sp³-hybridized carbons (Fsp3) is 0.0145. The molecule has 2 nitrogen and oxygen atoms in total. The number of hydrogen-bond donors (Lipinski definition) is 0. The standard InChI is InChI=1S/C69H45NO/c1-3-15-46(16-4-1)52-33-41-67-65(43-52)69(66-44-53(34-42-68(66)71-67)47-17-5-2-6-18-47)63-28-12-11-25-61(63)62-40-39-56(45-64(62)69)70(54-35-29-50(30-36-54)59-26-13-21-48-19-7-9-23-57(48)59)55-37-31-51(32-38-55)60-27-14-22-49-20-8-10-24-58(49)60/h1-45H. The maximum absolute atomic E-state index is 7.03. The van der Waals surface area contributed by atoms with Crippen LogP contribution in [0.25, 0.3) is 77.2 Å². The van der Waals surface area contributed by atoms with Gasteiger partial charge in [0.25, 0.3) is 0 Å². The average molecular weight is 904 g/mol. The molecule has 2 aliphatic rings. The summed E-state index contributed by atoms with van der Waals surface area (Å²) >= 11 is 0. The highest BCUT2D eigenvalue weighted by molar-refractivity contribution is 5.99. The van der Waals surface area contributed by atoms with Crippen LogP contribution in [0.5, 0.6) is 11.5 Å². The summed E-state index contributed by atoms with van der Waals surface area (Å²) in [5.41, 5.74) is 19.1. The van der Waals surface area contributed by atoms with E-state index in [1.54, 1.807) is 0 Å². The highest BCUT2D eigenvalue weighted by Crippen LogP contribution is 2.63. The van der Waals surface area contributed by atoms with Crippen LogP contribution in [-0.4, -0.2) is 0 Å². The monoisotopic (exact) mass is 903 g/mol. The molecule has 1 spiro atoms. The Bertz CT molecular complexity index is 3780. The van der Waals surface area contributed by atoms with Crippen molar-refractivity contribution in [3.05, 3.63) is 295 Å². The zero-order chi connectivity index (χ0) is 46.9. The third kappa shape index (κ3) is 6.57. The van der Waals surface area contributed by atoms with Crippen LogP contribution in [0, 0.1) is 0 Å². The van der Waals surface area contributed by atoms with Gasteiger partial charge in [-0.05, 0) is 149 Å². The molecule has 1 heterocycles. The van der Waals surface area contributed by atoms with Crippen LogP contribution >= 0.6 is 0 Å². The quantitative estimate of drug-likeness (QED) is 0.158. The molecule has 0 N–H and O–H groups in total. The molecule has 0 saturated heterocycles. The van der Waals surface area contributed by atoms with E-state index < -0.39 is 5.41 Å². The average Bonchev–Trinajstić information content (AvgIpc) is 3.73. The third-order valence-electron chi connectivity index (χ3n) is 14.9. The van der Waals surface area contributed by atoms with Crippen LogP contribution in [-0.2, 0) is 5.41 Å². The fourth-order valence-corrected chi connectivity index (χ4v) is 11.7. The molecule has 14 rings (SSSR count).